The van der Waals surface area contributed by atoms with Gasteiger partial charge in [0, 0.05) is 16.9 Å². The maximum Gasteiger partial charge on any atom is 0.151 e. The van der Waals surface area contributed by atoms with Gasteiger partial charge in [0.25, 0.3) is 0 Å². The van der Waals surface area contributed by atoms with Crippen LogP contribution in [-0.2, 0) is 16.0 Å². The van der Waals surface area contributed by atoms with Crippen LogP contribution >= 0.6 is 11.6 Å². The summed E-state index contributed by atoms with van der Waals surface area (Å²) in [7, 11) is 0. The molecular formula is C24H23ClO3. The molecule has 0 amide bonds. The van der Waals surface area contributed by atoms with Crippen LogP contribution in [0.25, 0.3) is 0 Å². The van der Waals surface area contributed by atoms with Gasteiger partial charge < -0.3 is 4.74 Å². The molecule has 0 aromatic heterocycles. The highest BCUT2D eigenvalue weighted by Crippen LogP contribution is 2.59. The van der Waals surface area contributed by atoms with Crippen LogP contribution in [0.5, 0.6) is 11.5 Å². The van der Waals surface area contributed by atoms with Crippen LogP contribution in [0, 0.1) is 23.7 Å². The molecule has 3 saturated carbocycles. The second-order valence-corrected chi connectivity index (χ2v) is 8.83. The number of Topliss-reactive ketones (excluding diaryl/α,β-unsaturated/α-hetero) is 2. The van der Waals surface area contributed by atoms with Gasteiger partial charge in [-0.3, -0.25) is 9.59 Å². The van der Waals surface area contributed by atoms with Crippen molar-refractivity contribution in [3.05, 3.63) is 58.6 Å². The Bertz CT molecular complexity index is 921. The summed E-state index contributed by atoms with van der Waals surface area (Å²) in [6.45, 7) is 2.06. The Morgan fingerprint density at radius 3 is 2.14 bits per heavy atom. The summed E-state index contributed by atoms with van der Waals surface area (Å²) in [6, 6.07) is 13.0. The van der Waals surface area contributed by atoms with Crippen molar-refractivity contribution in [3.8, 4) is 11.5 Å². The molecule has 0 N–H and O–H groups in total. The van der Waals surface area contributed by atoms with E-state index in [0.29, 0.717) is 28.4 Å². The smallest absolute Gasteiger partial charge is 0.151 e. The first-order valence-corrected chi connectivity index (χ1v) is 10.6. The molecule has 3 aliphatic rings. The third-order valence-electron chi connectivity index (χ3n) is 7.00. The first-order valence-electron chi connectivity index (χ1n) is 10.2. The van der Waals surface area contributed by atoms with Gasteiger partial charge in [-0.25, -0.2) is 0 Å². The minimum Gasteiger partial charge on any atom is -0.457 e. The van der Waals surface area contributed by atoms with Gasteiger partial charge in [-0.2, -0.15) is 0 Å². The average Bonchev–Trinajstić information content (AvgIpc) is 3.37. The second kappa shape index (κ2) is 6.73. The average molecular weight is 395 g/mol. The van der Waals surface area contributed by atoms with Crippen LogP contribution in [-0.4, -0.2) is 11.6 Å². The molecule has 4 heteroatoms. The van der Waals surface area contributed by atoms with E-state index in [1.165, 1.54) is 0 Å². The van der Waals surface area contributed by atoms with E-state index in [0.717, 1.165) is 36.8 Å². The predicted octanol–water partition coefficient (Wildman–Crippen LogP) is 5.59. The highest BCUT2D eigenvalue weighted by atomic mass is 35.5. The first-order chi connectivity index (χ1) is 13.6. The topological polar surface area (TPSA) is 43.4 Å². The summed E-state index contributed by atoms with van der Waals surface area (Å²) in [6.07, 6.45) is 4.07. The van der Waals surface area contributed by atoms with Gasteiger partial charge >= 0.3 is 0 Å². The highest BCUT2D eigenvalue weighted by Gasteiger charge is 2.61. The van der Waals surface area contributed by atoms with Crippen LogP contribution in [0.1, 0.15) is 43.2 Å². The van der Waals surface area contributed by atoms with E-state index in [9.17, 15) is 9.59 Å². The molecule has 3 aliphatic carbocycles. The fraction of sp³-hybridized carbons (Fsp3) is 0.417. The summed E-state index contributed by atoms with van der Waals surface area (Å²) >= 11 is 5.94. The molecule has 0 radical (unpaired) electrons. The molecule has 3 fully saturated rings. The number of hydrogen-bond acceptors (Lipinski definition) is 3. The first kappa shape index (κ1) is 17.9. The van der Waals surface area contributed by atoms with Crippen molar-refractivity contribution in [2.45, 2.75) is 38.5 Å². The molecule has 5 rings (SSSR count). The molecule has 3 nitrogen and oxygen atoms in total. The number of halogens is 1. The van der Waals surface area contributed by atoms with E-state index in [-0.39, 0.29) is 23.4 Å². The number of ketones is 2. The van der Waals surface area contributed by atoms with Crippen molar-refractivity contribution in [2.24, 2.45) is 23.7 Å². The maximum absolute atomic E-state index is 13.3. The maximum atomic E-state index is 13.3. The third kappa shape index (κ3) is 2.71. The summed E-state index contributed by atoms with van der Waals surface area (Å²) in [5.74, 6) is 1.80. The van der Waals surface area contributed by atoms with E-state index in [1.807, 2.05) is 30.3 Å². The number of aryl methyl sites for hydroxylation is 1. The van der Waals surface area contributed by atoms with Crippen molar-refractivity contribution >= 4 is 23.2 Å². The fourth-order valence-corrected chi connectivity index (χ4v) is 5.93. The normalized spacial score (nSPS) is 30.7. The van der Waals surface area contributed by atoms with Gasteiger partial charge in [0.15, 0.2) is 11.6 Å². The van der Waals surface area contributed by atoms with Crippen molar-refractivity contribution in [3.63, 3.8) is 0 Å². The summed E-state index contributed by atoms with van der Waals surface area (Å²) in [4.78, 5) is 26.6. The van der Waals surface area contributed by atoms with E-state index in [2.05, 4.69) is 6.92 Å². The SMILES string of the molecule is CCc1ccc(Oc2ccc(Cl)cc2)cc1C1C(=O)C2C3CCC(C3)C2C1=O. The minimum absolute atomic E-state index is 0.0400. The minimum atomic E-state index is -0.609. The number of rotatable bonds is 4. The Kier molecular flexibility index (Phi) is 4.31. The lowest BCUT2D eigenvalue weighted by molar-refractivity contribution is -0.125. The highest BCUT2D eigenvalue weighted by molar-refractivity contribution is 6.30. The monoisotopic (exact) mass is 394 g/mol. The Morgan fingerprint density at radius 1 is 0.929 bits per heavy atom. The Balaban J connectivity index is 1.49. The molecule has 4 unspecified atom stereocenters. The molecule has 144 valence electrons. The molecule has 0 heterocycles. The molecule has 4 atom stereocenters. The predicted molar refractivity (Wildman–Crippen MR) is 108 cm³/mol. The number of carbonyl (C=O) groups excluding carboxylic acids is 2. The van der Waals surface area contributed by atoms with Crippen molar-refractivity contribution in [2.75, 3.05) is 0 Å². The zero-order valence-electron chi connectivity index (χ0n) is 15.9. The summed E-state index contributed by atoms with van der Waals surface area (Å²) < 4.78 is 5.97. The third-order valence-corrected chi connectivity index (χ3v) is 7.25. The quantitative estimate of drug-likeness (QED) is 0.634. The van der Waals surface area contributed by atoms with Crippen LogP contribution < -0.4 is 4.74 Å². The van der Waals surface area contributed by atoms with Crippen LogP contribution in [0.4, 0.5) is 0 Å². The number of ether oxygens (including phenoxy) is 1. The lowest BCUT2D eigenvalue weighted by atomic mass is 9.81. The second-order valence-electron chi connectivity index (χ2n) is 8.39. The summed E-state index contributed by atoms with van der Waals surface area (Å²) in [5, 5.41) is 0.651. The largest absolute Gasteiger partial charge is 0.457 e. The van der Waals surface area contributed by atoms with Crippen LogP contribution in [0.3, 0.4) is 0 Å². The zero-order valence-corrected chi connectivity index (χ0v) is 16.6. The van der Waals surface area contributed by atoms with E-state index < -0.39 is 5.92 Å². The van der Waals surface area contributed by atoms with E-state index >= 15 is 0 Å². The van der Waals surface area contributed by atoms with Crippen molar-refractivity contribution in [1.82, 2.24) is 0 Å². The molecule has 2 bridgehead atoms. The van der Waals surface area contributed by atoms with Gasteiger partial charge in [0.05, 0.1) is 0 Å². The van der Waals surface area contributed by atoms with Gasteiger partial charge in [0.1, 0.15) is 17.4 Å². The molecule has 28 heavy (non-hydrogen) atoms. The molecule has 2 aromatic rings. The fourth-order valence-electron chi connectivity index (χ4n) is 5.81. The van der Waals surface area contributed by atoms with E-state index in [4.69, 9.17) is 16.3 Å². The number of benzene rings is 2. The number of carbonyl (C=O) groups is 2. The van der Waals surface area contributed by atoms with Crippen molar-refractivity contribution in [1.29, 1.82) is 0 Å². The lowest BCUT2D eigenvalue weighted by Crippen LogP contribution is -2.24. The Labute approximate surface area is 170 Å². The number of hydrogen-bond donors (Lipinski definition) is 0. The molecule has 0 aliphatic heterocycles. The van der Waals surface area contributed by atoms with Crippen LogP contribution in [0.15, 0.2) is 42.5 Å². The lowest BCUT2D eigenvalue weighted by Gasteiger charge is -2.21. The standard InChI is InChI=1S/C24H23ClO3/c1-2-13-5-8-18(28-17-9-6-16(25)7-10-17)12-19(13)22-23(26)20-14-3-4-15(11-14)21(20)24(22)27/h5-10,12,14-15,20-22H,2-4,11H2,1H3. The molecule has 0 saturated heterocycles. The van der Waals surface area contributed by atoms with E-state index in [1.54, 1.807) is 12.1 Å². The molecule has 0 spiro atoms. The molecular weight excluding hydrogens is 372 g/mol. The number of fused-ring (bicyclic) bond motifs is 5. The Morgan fingerprint density at radius 2 is 1.54 bits per heavy atom. The van der Waals surface area contributed by atoms with Gasteiger partial charge in [0.2, 0.25) is 0 Å². The summed E-state index contributed by atoms with van der Waals surface area (Å²) in [5.41, 5.74) is 1.90. The van der Waals surface area contributed by atoms with Gasteiger partial charge in [-0.15, -0.1) is 0 Å². The Hall–Kier alpha value is -2.13. The van der Waals surface area contributed by atoms with Crippen molar-refractivity contribution < 1.29 is 14.3 Å². The zero-order chi connectivity index (χ0) is 19.4. The van der Waals surface area contributed by atoms with Gasteiger partial charge in [-0.1, -0.05) is 24.6 Å². The molecule has 2 aromatic carbocycles. The van der Waals surface area contributed by atoms with Gasteiger partial charge in [-0.05, 0) is 85.0 Å². The van der Waals surface area contributed by atoms with Crippen LogP contribution in [0.2, 0.25) is 5.02 Å².